The highest BCUT2D eigenvalue weighted by molar-refractivity contribution is 5.96. The van der Waals surface area contributed by atoms with E-state index in [4.69, 9.17) is 5.11 Å². The van der Waals surface area contributed by atoms with Crippen LogP contribution < -0.4 is 4.90 Å². The van der Waals surface area contributed by atoms with Gasteiger partial charge < -0.3 is 10.0 Å². The van der Waals surface area contributed by atoms with E-state index in [-0.39, 0.29) is 25.0 Å². The number of hydrogen-bond acceptors (Lipinski definition) is 3. The van der Waals surface area contributed by atoms with Crippen LogP contribution in [0.1, 0.15) is 24.8 Å². The Balaban J connectivity index is 1.72. The van der Waals surface area contributed by atoms with Gasteiger partial charge in [0.25, 0.3) is 0 Å². The topological polar surface area (TPSA) is 60.9 Å². The van der Waals surface area contributed by atoms with Gasteiger partial charge in [0.1, 0.15) is 0 Å². The van der Waals surface area contributed by atoms with Gasteiger partial charge in [0.2, 0.25) is 5.91 Å². The molecule has 0 atom stereocenters. The van der Waals surface area contributed by atoms with E-state index >= 15 is 0 Å². The van der Waals surface area contributed by atoms with Gasteiger partial charge in [0.05, 0.1) is 13.1 Å². The molecule has 1 fully saturated rings. The van der Waals surface area contributed by atoms with Gasteiger partial charge >= 0.3 is 5.97 Å². The Morgan fingerprint density at radius 2 is 2.00 bits per heavy atom. The van der Waals surface area contributed by atoms with Crippen LogP contribution in [-0.4, -0.2) is 47.6 Å². The number of rotatable bonds is 5. The molecule has 0 aromatic heterocycles. The van der Waals surface area contributed by atoms with Crippen molar-refractivity contribution in [3.05, 3.63) is 29.8 Å². The molecule has 0 saturated heterocycles. The zero-order valence-electron chi connectivity index (χ0n) is 12.0. The first-order chi connectivity index (χ1) is 10.1. The van der Waals surface area contributed by atoms with Crippen molar-refractivity contribution in [2.24, 2.45) is 0 Å². The standard InChI is InChI=1S/C16H20N2O3/c19-15(10-17(11-16(20)21)13-7-8-13)18-9-3-5-12-4-1-2-6-14(12)18/h1-2,4,6,13H,3,5,7-11H2,(H,20,21). The summed E-state index contributed by atoms with van der Waals surface area (Å²) in [6.45, 7) is 0.874. The molecule has 1 heterocycles. The number of aliphatic carboxylic acids is 1. The monoisotopic (exact) mass is 288 g/mol. The van der Waals surface area contributed by atoms with Gasteiger partial charge in [-0.3, -0.25) is 14.5 Å². The molecule has 1 aromatic rings. The van der Waals surface area contributed by atoms with E-state index in [1.807, 2.05) is 23.1 Å². The van der Waals surface area contributed by atoms with E-state index in [9.17, 15) is 9.59 Å². The lowest BCUT2D eigenvalue weighted by Crippen LogP contribution is -2.45. The molecule has 0 radical (unpaired) electrons. The minimum Gasteiger partial charge on any atom is -0.480 e. The number of para-hydroxylation sites is 1. The number of benzene rings is 1. The van der Waals surface area contributed by atoms with Crippen LogP contribution in [0, 0.1) is 0 Å². The minimum absolute atomic E-state index is 0.00954. The van der Waals surface area contributed by atoms with Crippen LogP contribution in [0.4, 0.5) is 5.69 Å². The Bertz CT molecular complexity index is 554. The molecule has 3 rings (SSSR count). The summed E-state index contributed by atoms with van der Waals surface area (Å²) in [6.07, 6.45) is 3.96. The summed E-state index contributed by atoms with van der Waals surface area (Å²) in [5.41, 5.74) is 2.19. The van der Waals surface area contributed by atoms with Crippen molar-refractivity contribution >= 4 is 17.6 Å². The minimum atomic E-state index is -0.867. The SMILES string of the molecule is O=C(O)CN(CC(=O)N1CCCc2ccccc21)C1CC1. The largest absolute Gasteiger partial charge is 0.480 e. The van der Waals surface area contributed by atoms with E-state index in [0.29, 0.717) is 0 Å². The summed E-state index contributed by atoms with van der Waals surface area (Å²) in [4.78, 5) is 27.1. The van der Waals surface area contributed by atoms with Gasteiger partial charge in [-0.2, -0.15) is 0 Å². The predicted octanol–water partition coefficient (Wildman–Crippen LogP) is 1.51. The Hall–Kier alpha value is -1.88. The third-order valence-electron chi connectivity index (χ3n) is 4.15. The molecule has 1 saturated carbocycles. The fourth-order valence-corrected chi connectivity index (χ4v) is 2.98. The first-order valence-corrected chi connectivity index (χ1v) is 7.49. The smallest absolute Gasteiger partial charge is 0.317 e. The zero-order chi connectivity index (χ0) is 14.8. The second-order valence-electron chi connectivity index (χ2n) is 5.81. The van der Waals surface area contributed by atoms with Gasteiger partial charge in [0.15, 0.2) is 0 Å². The molecule has 2 aliphatic rings. The van der Waals surface area contributed by atoms with Gasteiger partial charge in [0, 0.05) is 18.3 Å². The highest BCUT2D eigenvalue weighted by atomic mass is 16.4. The summed E-state index contributed by atoms with van der Waals surface area (Å²) in [5, 5.41) is 8.97. The van der Waals surface area contributed by atoms with Crippen LogP contribution in [-0.2, 0) is 16.0 Å². The molecule has 21 heavy (non-hydrogen) atoms. The first kappa shape index (κ1) is 14.1. The maximum absolute atomic E-state index is 12.6. The van der Waals surface area contributed by atoms with E-state index in [2.05, 4.69) is 6.07 Å². The highest BCUT2D eigenvalue weighted by Gasteiger charge is 2.33. The molecule has 112 valence electrons. The maximum Gasteiger partial charge on any atom is 0.317 e. The average molecular weight is 288 g/mol. The Morgan fingerprint density at radius 1 is 1.24 bits per heavy atom. The second-order valence-corrected chi connectivity index (χ2v) is 5.81. The number of hydrogen-bond donors (Lipinski definition) is 1. The lowest BCUT2D eigenvalue weighted by molar-refractivity contribution is -0.138. The summed E-state index contributed by atoms with van der Waals surface area (Å²) >= 11 is 0. The third kappa shape index (κ3) is 3.24. The molecule has 1 amide bonds. The van der Waals surface area contributed by atoms with Crippen LogP contribution in [0.15, 0.2) is 24.3 Å². The Morgan fingerprint density at radius 3 is 2.71 bits per heavy atom. The second kappa shape index (κ2) is 5.85. The predicted molar refractivity (Wildman–Crippen MR) is 79.3 cm³/mol. The van der Waals surface area contributed by atoms with Crippen molar-refractivity contribution < 1.29 is 14.7 Å². The molecule has 0 bridgehead atoms. The number of carboxylic acids is 1. The molecule has 0 unspecified atom stereocenters. The lowest BCUT2D eigenvalue weighted by Gasteiger charge is -2.31. The van der Waals surface area contributed by atoms with E-state index < -0.39 is 5.97 Å². The molecular weight excluding hydrogens is 268 g/mol. The normalized spacial score (nSPS) is 17.7. The fourth-order valence-electron chi connectivity index (χ4n) is 2.98. The number of carbonyl (C=O) groups is 2. The lowest BCUT2D eigenvalue weighted by atomic mass is 10.0. The molecular formula is C16H20N2O3. The maximum atomic E-state index is 12.6. The number of anilines is 1. The van der Waals surface area contributed by atoms with Crippen LogP contribution in [0.25, 0.3) is 0 Å². The highest BCUT2D eigenvalue weighted by Crippen LogP contribution is 2.29. The molecule has 5 nitrogen and oxygen atoms in total. The Kier molecular flexibility index (Phi) is 3.92. The van der Waals surface area contributed by atoms with Crippen molar-refractivity contribution in [1.82, 2.24) is 4.90 Å². The quantitative estimate of drug-likeness (QED) is 0.892. The van der Waals surface area contributed by atoms with Crippen LogP contribution >= 0.6 is 0 Å². The number of aryl methyl sites for hydroxylation is 1. The number of carbonyl (C=O) groups excluding carboxylic acids is 1. The summed E-state index contributed by atoms with van der Waals surface area (Å²) in [6, 6.07) is 8.24. The molecule has 1 aliphatic heterocycles. The Labute approximate surface area is 124 Å². The number of amides is 1. The van der Waals surface area contributed by atoms with Crippen molar-refractivity contribution in [3.63, 3.8) is 0 Å². The van der Waals surface area contributed by atoms with Crippen molar-refractivity contribution in [2.45, 2.75) is 31.7 Å². The van der Waals surface area contributed by atoms with Crippen LogP contribution in [0.3, 0.4) is 0 Å². The van der Waals surface area contributed by atoms with Crippen molar-refractivity contribution in [3.8, 4) is 0 Å². The average Bonchev–Trinajstić information content (AvgIpc) is 3.30. The molecule has 1 aliphatic carbocycles. The number of nitrogens with zero attached hydrogens (tertiary/aromatic N) is 2. The van der Waals surface area contributed by atoms with Crippen LogP contribution in [0.2, 0.25) is 0 Å². The van der Waals surface area contributed by atoms with E-state index in [1.165, 1.54) is 5.56 Å². The third-order valence-corrected chi connectivity index (χ3v) is 4.15. The summed E-state index contributed by atoms with van der Waals surface area (Å²) in [5.74, 6) is -0.857. The van der Waals surface area contributed by atoms with Crippen molar-refractivity contribution in [2.75, 3.05) is 24.5 Å². The summed E-state index contributed by atoms with van der Waals surface area (Å²) in [7, 11) is 0. The van der Waals surface area contributed by atoms with Crippen molar-refractivity contribution in [1.29, 1.82) is 0 Å². The molecule has 0 spiro atoms. The van der Waals surface area contributed by atoms with E-state index in [1.54, 1.807) is 4.90 Å². The zero-order valence-corrected chi connectivity index (χ0v) is 12.0. The molecule has 1 aromatic carbocycles. The first-order valence-electron chi connectivity index (χ1n) is 7.49. The number of fused-ring (bicyclic) bond motifs is 1. The van der Waals surface area contributed by atoms with Gasteiger partial charge in [-0.15, -0.1) is 0 Å². The summed E-state index contributed by atoms with van der Waals surface area (Å²) < 4.78 is 0. The van der Waals surface area contributed by atoms with Gasteiger partial charge in [-0.1, -0.05) is 18.2 Å². The van der Waals surface area contributed by atoms with E-state index in [0.717, 1.165) is 37.9 Å². The number of carboxylic acid groups (broad SMARTS) is 1. The van der Waals surface area contributed by atoms with Crippen LogP contribution in [0.5, 0.6) is 0 Å². The molecule has 1 N–H and O–H groups in total. The van der Waals surface area contributed by atoms with Gasteiger partial charge in [-0.05, 0) is 37.3 Å². The fraction of sp³-hybridized carbons (Fsp3) is 0.500. The van der Waals surface area contributed by atoms with Gasteiger partial charge in [-0.25, -0.2) is 0 Å². The molecule has 5 heteroatoms.